The van der Waals surface area contributed by atoms with Crippen LogP contribution in [0.2, 0.25) is 0 Å². The van der Waals surface area contributed by atoms with E-state index in [4.69, 9.17) is 5.73 Å². The van der Waals surface area contributed by atoms with Gasteiger partial charge in [-0.2, -0.15) is 0 Å². The number of hydrogen-bond acceptors (Lipinski definition) is 3. The predicted octanol–water partition coefficient (Wildman–Crippen LogP) is 2.81. The number of alkyl halides is 2. The van der Waals surface area contributed by atoms with Crippen molar-refractivity contribution in [3.63, 3.8) is 0 Å². The number of halogens is 2. The fourth-order valence-corrected chi connectivity index (χ4v) is 2.24. The second-order valence-electron chi connectivity index (χ2n) is 4.59. The highest BCUT2D eigenvalue weighted by molar-refractivity contribution is 5.46. The third-order valence-electron chi connectivity index (χ3n) is 3.47. The summed E-state index contributed by atoms with van der Waals surface area (Å²) in [6.45, 7) is 0. The van der Waals surface area contributed by atoms with E-state index in [1.54, 1.807) is 12.1 Å². The molecule has 1 aromatic rings. The van der Waals surface area contributed by atoms with Crippen LogP contribution in [0.4, 0.5) is 8.78 Å². The molecule has 0 radical (unpaired) electrons. The van der Waals surface area contributed by atoms with E-state index in [1.165, 1.54) is 12.5 Å². The Labute approximate surface area is 97.5 Å². The van der Waals surface area contributed by atoms with Gasteiger partial charge in [0.15, 0.2) is 11.5 Å². The molecule has 1 aliphatic heterocycles. The first-order valence-electron chi connectivity index (χ1n) is 5.70. The maximum atomic E-state index is 12.8. The van der Waals surface area contributed by atoms with Gasteiger partial charge in [0, 0.05) is 6.04 Å². The molecule has 0 bridgehead atoms. The fourth-order valence-electron chi connectivity index (χ4n) is 2.24. The molecule has 3 rings (SSSR count). The Kier molecular flexibility index (Phi) is 2.26. The standard InChI is InChI=1S/C12H13F2NO2/c13-12(14)16-9-5-4-8(6-10(9)17-12)11(15)7-2-1-3-7/h4-7,11H,1-3,15H2/t11-/m1/s1. The molecule has 2 N–H and O–H groups in total. The summed E-state index contributed by atoms with van der Waals surface area (Å²) >= 11 is 0. The van der Waals surface area contributed by atoms with Crippen LogP contribution in [0.1, 0.15) is 30.9 Å². The molecule has 92 valence electrons. The summed E-state index contributed by atoms with van der Waals surface area (Å²) in [7, 11) is 0. The number of ether oxygens (including phenoxy) is 2. The molecule has 1 aliphatic carbocycles. The SMILES string of the molecule is N[C@@H](c1ccc2c(c1)OC(F)(F)O2)C1CCC1. The third kappa shape index (κ3) is 1.84. The van der Waals surface area contributed by atoms with E-state index in [-0.39, 0.29) is 17.5 Å². The molecule has 5 heteroatoms. The molecule has 1 heterocycles. The number of rotatable bonds is 2. The lowest BCUT2D eigenvalue weighted by Gasteiger charge is -2.31. The lowest BCUT2D eigenvalue weighted by molar-refractivity contribution is -0.286. The quantitative estimate of drug-likeness (QED) is 0.865. The molecule has 0 saturated heterocycles. The van der Waals surface area contributed by atoms with Crippen molar-refractivity contribution in [1.29, 1.82) is 0 Å². The van der Waals surface area contributed by atoms with Gasteiger partial charge in [-0.25, -0.2) is 0 Å². The van der Waals surface area contributed by atoms with Crippen LogP contribution in [-0.2, 0) is 0 Å². The second-order valence-corrected chi connectivity index (χ2v) is 4.59. The molecular formula is C12H13F2NO2. The monoisotopic (exact) mass is 241 g/mol. The van der Waals surface area contributed by atoms with Gasteiger partial charge in [-0.05, 0) is 36.5 Å². The van der Waals surface area contributed by atoms with Crippen molar-refractivity contribution in [2.45, 2.75) is 31.6 Å². The van der Waals surface area contributed by atoms with Crippen LogP contribution in [0.3, 0.4) is 0 Å². The lowest BCUT2D eigenvalue weighted by Crippen LogP contribution is -2.27. The molecule has 3 nitrogen and oxygen atoms in total. The van der Waals surface area contributed by atoms with E-state index in [2.05, 4.69) is 9.47 Å². The molecule has 0 spiro atoms. The Morgan fingerprint density at radius 1 is 1.24 bits per heavy atom. The Balaban J connectivity index is 1.85. The van der Waals surface area contributed by atoms with Crippen molar-refractivity contribution in [3.8, 4) is 11.5 Å². The van der Waals surface area contributed by atoms with Crippen molar-refractivity contribution in [2.24, 2.45) is 11.7 Å². The van der Waals surface area contributed by atoms with Crippen molar-refractivity contribution in [3.05, 3.63) is 23.8 Å². The number of benzene rings is 1. The minimum absolute atomic E-state index is 0.0690. The van der Waals surface area contributed by atoms with Crippen LogP contribution < -0.4 is 15.2 Å². The highest BCUT2D eigenvalue weighted by atomic mass is 19.3. The van der Waals surface area contributed by atoms with Gasteiger partial charge in [-0.1, -0.05) is 12.5 Å². The summed E-state index contributed by atoms with van der Waals surface area (Å²) in [5.74, 6) is 0.595. The molecule has 0 aromatic heterocycles. The summed E-state index contributed by atoms with van der Waals surface area (Å²) in [6.07, 6.45) is -0.153. The zero-order chi connectivity index (χ0) is 12.0. The summed E-state index contributed by atoms with van der Waals surface area (Å²) in [4.78, 5) is 0. The summed E-state index contributed by atoms with van der Waals surface area (Å²) in [5.41, 5.74) is 6.91. The highest BCUT2D eigenvalue weighted by Gasteiger charge is 2.43. The van der Waals surface area contributed by atoms with E-state index in [0.717, 1.165) is 18.4 Å². The first-order valence-corrected chi connectivity index (χ1v) is 5.70. The number of nitrogens with two attached hydrogens (primary N) is 1. The van der Waals surface area contributed by atoms with Crippen LogP contribution >= 0.6 is 0 Å². The third-order valence-corrected chi connectivity index (χ3v) is 3.47. The second kappa shape index (κ2) is 3.57. The lowest BCUT2D eigenvalue weighted by atomic mass is 9.77. The van der Waals surface area contributed by atoms with Crippen molar-refractivity contribution >= 4 is 0 Å². The van der Waals surface area contributed by atoms with Gasteiger partial charge in [-0.3, -0.25) is 0 Å². The van der Waals surface area contributed by atoms with E-state index in [1.807, 2.05) is 0 Å². The van der Waals surface area contributed by atoms with Gasteiger partial charge >= 0.3 is 6.29 Å². The number of hydrogen-bond donors (Lipinski definition) is 1. The zero-order valence-corrected chi connectivity index (χ0v) is 9.16. The van der Waals surface area contributed by atoms with Crippen LogP contribution in [0.25, 0.3) is 0 Å². The summed E-state index contributed by atoms with van der Waals surface area (Å²) in [5, 5.41) is 0. The number of fused-ring (bicyclic) bond motifs is 1. The molecule has 1 atom stereocenters. The van der Waals surface area contributed by atoms with Crippen LogP contribution in [0, 0.1) is 5.92 Å². The largest absolute Gasteiger partial charge is 0.586 e. The molecule has 0 unspecified atom stereocenters. The molecular weight excluding hydrogens is 228 g/mol. The predicted molar refractivity (Wildman–Crippen MR) is 56.9 cm³/mol. The Morgan fingerprint density at radius 3 is 2.59 bits per heavy atom. The normalized spacial score (nSPS) is 23.2. The molecule has 17 heavy (non-hydrogen) atoms. The van der Waals surface area contributed by atoms with Gasteiger partial charge in [0.2, 0.25) is 0 Å². The van der Waals surface area contributed by atoms with Gasteiger partial charge in [-0.15, -0.1) is 8.78 Å². The maximum absolute atomic E-state index is 12.8. The first kappa shape index (κ1) is 10.8. The average Bonchev–Trinajstić information content (AvgIpc) is 2.47. The Morgan fingerprint density at radius 2 is 1.94 bits per heavy atom. The van der Waals surface area contributed by atoms with E-state index in [9.17, 15) is 8.78 Å². The Bertz CT molecular complexity index is 446. The van der Waals surface area contributed by atoms with Crippen molar-refractivity contribution in [1.82, 2.24) is 0 Å². The van der Waals surface area contributed by atoms with Crippen LogP contribution in [-0.4, -0.2) is 6.29 Å². The van der Waals surface area contributed by atoms with Crippen LogP contribution in [0.15, 0.2) is 18.2 Å². The summed E-state index contributed by atoms with van der Waals surface area (Å²) in [6, 6.07) is 4.67. The minimum atomic E-state index is -3.55. The topological polar surface area (TPSA) is 44.5 Å². The first-order chi connectivity index (χ1) is 8.05. The molecule has 2 aliphatic rings. The van der Waals surface area contributed by atoms with Gasteiger partial charge in [0.25, 0.3) is 0 Å². The average molecular weight is 241 g/mol. The summed E-state index contributed by atoms with van der Waals surface area (Å²) < 4.78 is 34.4. The Hall–Kier alpha value is -1.36. The van der Waals surface area contributed by atoms with E-state index in [0.29, 0.717) is 5.92 Å². The molecule has 1 fully saturated rings. The fraction of sp³-hybridized carbons (Fsp3) is 0.500. The minimum Gasteiger partial charge on any atom is -0.395 e. The van der Waals surface area contributed by atoms with Crippen LogP contribution in [0.5, 0.6) is 11.5 Å². The van der Waals surface area contributed by atoms with Crippen molar-refractivity contribution in [2.75, 3.05) is 0 Å². The van der Waals surface area contributed by atoms with Gasteiger partial charge in [0.1, 0.15) is 0 Å². The van der Waals surface area contributed by atoms with Gasteiger partial charge < -0.3 is 15.2 Å². The van der Waals surface area contributed by atoms with E-state index < -0.39 is 6.29 Å². The van der Waals surface area contributed by atoms with Gasteiger partial charge in [0.05, 0.1) is 0 Å². The maximum Gasteiger partial charge on any atom is 0.586 e. The molecule has 1 aromatic carbocycles. The highest BCUT2D eigenvalue weighted by Crippen LogP contribution is 2.44. The van der Waals surface area contributed by atoms with E-state index >= 15 is 0 Å². The molecule has 0 amide bonds. The smallest absolute Gasteiger partial charge is 0.395 e. The molecule has 1 saturated carbocycles. The zero-order valence-electron chi connectivity index (χ0n) is 9.16. The van der Waals surface area contributed by atoms with Crippen molar-refractivity contribution < 1.29 is 18.3 Å².